The van der Waals surface area contributed by atoms with Crippen LogP contribution >= 0.6 is 0 Å². The smallest absolute Gasteiger partial charge is 0.261 e. The van der Waals surface area contributed by atoms with Gasteiger partial charge in [0.05, 0.1) is 31.5 Å². The molecule has 0 spiro atoms. The predicted molar refractivity (Wildman–Crippen MR) is 148 cm³/mol. The van der Waals surface area contributed by atoms with Crippen molar-refractivity contribution in [2.75, 3.05) is 27.3 Å². The summed E-state index contributed by atoms with van der Waals surface area (Å²) in [6.07, 6.45) is 3.29. The van der Waals surface area contributed by atoms with Gasteiger partial charge in [-0.3, -0.25) is 14.0 Å². The molecule has 198 valence electrons. The van der Waals surface area contributed by atoms with E-state index >= 15 is 0 Å². The monoisotopic (exact) mass is 514 g/mol. The highest BCUT2D eigenvalue weighted by molar-refractivity contribution is 5.97. The van der Waals surface area contributed by atoms with Crippen LogP contribution in [0.25, 0.3) is 5.65 Å². The summed E-state index contributed by atoms with van der Waals surface area (Å²) in [6.45, 7) is 2.83. The summed E-state index contributed by atoms with van der Waals surface area (Å²) < 4.78 is 12.4. The summed E-state index contributed by atoms with van der Waals surface area (Å²) in [6, 6.07) is 20.0. The van der Waals surface area contributed by atoms with E-state index in [0.717, 1.165) is 5.56 Å². The lowest BCUT2D eigenvalue weighted by Gasteiger charge is -2.32. The Balaban J connectivity index is 1.88. The number of nitrogens with zero attached hydrogens (tertiary/aromatic N) is 3. The SMILES string of the molecule is CCC(c1nc2ccccn2c(=O)c1Cc1ccccc1)N(CCCN)C(=O)c1ccc(OC)cc1OC. The molecular weight excluding hydrogens is 480 g/mol. The van der Waals surface area contributed by atoms with Gasteiger partial charge in [-0.05, 0) is 49.2 Å². The van der Waals surface area contributed by atoms with Crippen molar-refractivity contribution in [1.82, 2.24) is 14.3 Å². The number of aromatic nitrogens is 2. The van der Waals surface area contributed by atoms with E-state index in [1.807, 2.05) is 55.5 Å². The Morgan fingerprint density at radius 1 is 1.05 bits per heavy atom. The van der Waals surface area contributed by atoms with Gasteiger partial charge in [0, 0.05) is 30.8 Å². The van der Waals surface area contributed by atoms with E-state index in [4.69, 9.17) is 20.2 Å². The third-order valence-electron chi connectivity index (χ3n) is 6.66. The standard InChI is InChI=1S/C30H34N4O4/c1-4-25(33(18-10-16-31)29(35)23-15-14-22(37-2)20-26(23)38-3)28-24(19-21-11-6-5-7-12-21)30(36)34-17-9-8-13-27(34)32-28/h5-9,11-15,17,20,25H,4,10,16,18-19,31H2,1-3H3. The maximum Gasteiger partial charge on any atom is 0.261 e. The van der Waals surface area contributed by atoms with Gasteiger partial charge < -0.3 is 20.1 Å². The Labute approximate surface area is 222 Å². The number of rotatable bonds is 11. The molecule has 38 heavy (non-hydrogen) atoms. The van der Waals surface area contributed by atoms with Crippen LogP contribution in [-0.4, -0.2) is 47.5 Å². The third-order valence-corrected chi connectivity index (χ3v) is 6.66. The molecule has 2 N–H and O–H groups in total. The summed E-state index contributed by atoms with van der Waals surface area (Å²) in [4.78, 5) is 34.6. The van der Waals surface area contributed by atoms with E-state index in [9.17, 15) is 9.59 Å². The van der Waals surface area contributed by atoms with Crippen LogP contribution in [-0.2, 0) is 6.42 Å². The molecule has 0 saturated heterocycles. The van der Waals surface area contributed by atoms with Crippen molar-refractivity contribution in [1.29, 1.82) is 0 Å². The predicted octanol–water partition coefficient (Wildman–Crippen LogP) is 4.24. The van der Waals surface area contributed by atoms with Gasteiger partial charge in [-0.1, -0.05) is 43.3 Å². The average molecular weight is 515 g/mol. The van der Waals surface area contributed by atoms with Gasteiger partial charge in [-0.25, -0.2) is 4.98 Å². The first-order chi connectivity index (χ1) is 18.5. The number of benzene rings is 2. The molecule has 0 aliphatic rings. The molecule has 8 heteroatoms. The normalized spacial score (nSPS) is 11.8. The molecule has 2 heterocycles. The summed E-state index contributed by atoms with van der Waals surface area (Å²) in [7, 11) is 3.09. The van der Waals surface area contributed by atoms with E-state index in [0.29, 0.717) is 66.3 Å². The molecule has 0 radical (unpaired) electrons. The Morgan fingerprint density at radius 2 is 1.82 bits per heavy atom. The average Bonchev–Trinajstić information content (AvgIpc) is 2.96. The van der Waals surface area contributed by atoms with Crippen LogP contribution in [0, 0.1) is 0 Å². The third kappa shape index (κ3) is 5.55. The van der Waals surface area contributed by atoms with Gasteiger partial charge in [-0.2, -0.15) is 0 Å². The van der Waals surface area contributed by atoms with Crippen LogP contribution in [0.1, 0.15) is 53.0 Å². The molecular formula is C30H34N4O4. The number of ether oxygens (including phenoxy) is 2. The molecule has 4 aromatic rings. The lowest BCUT2D eigenvalue weighted by Crippen LogP contribution is -2.38. The molecule has 2 aromatic carbocycles. The van der Waals surface area contributed by atoms with Gasteiger partial charge in [0.1, 0.15) is 17.1 Å². The zero-order valence-corrected chi connectivity index (χ0v) is 22.1. The first kappa shape index (κ1) is 26.9. The molecule has 0 aliphatic heterocycles. The summed E-state index contributed by atoms with van der Waals surface area (Å²) in [5.41, 5.74) is 8.85. The highest BCUT2D eigenvalue weighted by Crippen LogP contribution is 2.32. The van der Waals surface area contributed by atoms with Crippen LogP contribution in [0.2, 0.25) is 0 Å². The van der Waals surface area contributed by atoms with Gasteiger partial charge in [-0.15, -0.1) is 0 Å². The fourth-order valence-electron chi connectivity index (χ4n) is 4.74. The number of methoxy groups -OCH3 is 2. The molecule has 4 rings (SSSR count). The Hall–Kier alpha value is -4.17. The molecule has 8 nitrogen and oxygen atoms in total. The van der Waals surface area contributed by atoms with Gasteiger partial charge in [0.15, 0.2) is 0 Å². The van der Waals surface area contributed by atoms with Gasteiger partial charge >= 0.3 is 0 Å². The quantitative estimate of drug-likeness (QED) is 0.321. The van der Waals surface area contributed by atoms with Gasteiger partial charge in [0.2, 0.25) is 0 Å². The number of hydrogen-bond acceptors (Lipinski definition) is 6. The van der Waals surface area contributed by atoms with E-state index < -0.39 is 6.04 Å². The second-order valence-corrected chi connectivity index (χ2v) is 9.00. The Bertz CT molecular complexity index is 1450. The number of pyridine rings is 1. The molecule has 1 unspecified atom stereocenters. The highest BCUT2D eigenvalue weighted by atomic mass is 16.5. The van der Waals surface area contributed by atoms with Crippen molar-refractivity contribution in [3.05, 3.63) is 106 Å². The van der Waals surface area contributed by atoms with Crippen LogP contribution in [0.4, 0.5) is 0 Å². The minimum Gasteiger partial charge on any atom is -0.497 e. The molecule has 1 atom stereocenters. The van der Waals surface area contributed by atoms with Crippen molar-refractivity contribution in [3.63, 3.8) is 0 Å². The fraction of sp³-hybridized carbons (Fsp3) is 0.300. The first-order valence-electron chi connectivity index (χ1n) is 12.8. The summed E-state index contributed by atoms with van der Waals surface area (Å²) in [5, 5.41) is 0. The lowest BCUT2D eigenvalue weighted by atomic mass is 9.97. The molecule has 0 aliphatic carbocycles. The summed E-state index contributed by atoms with van der Waals surface area (Å²) in [5.74, 6) is 0.789. The van der Waals surface area contributed by atoms with Crippen molar-refractivity contribution in [3.8, 4) is 11.5 Å². The Morgan fingerprint density at radius 3 is 2.50 bits per heavy atom. The van der Waals surface area contributed by atoms with Crippen molar-refractivity contribution < 1.29 is 14.3 Å². The van der Waals surface area contributed by atoms with Gasteiger partial charge in [0.25, 0.3) is 11.5 Å². The zero-order valence-electron chi connectivity index (χ0n) is 22.1. The topological polar surface area (TPSA) is 99.2 Å². The van der Waals surface area contributed by atoms with Crippen molar-refractivity contribution in [2.45, 2.75) is 32.2 Å². The fourth-order valence-corrected chi connectivity index (χ4v) is 4.74. The van der Waals surface area contributed by atoms with E-state index in [1.165, 1.54) is 7.11 Å². The number of carbonyl (C=O) groups excluding carboxylic acids is 1. The highest BCUT2D eigenvalue weighted by Gasteiger charge is 2.31. The maximum atomic E-state index is 14.1. The number of amides is 1. The van der Waals surface area contributed by atoms with Crippen LogP contribution in [0.15, 0.2) is 77.7 Å². The van der Waals surface area contributed by atoms with Crippen LogP contribution < -0.4 is 20.8 Å². The number of nitrogens with two attached hydrogens (primary N) is 1. The van der Waals surface area contributed by atoms with E-state index in [-0.39, 0.29) is 11.5 Å². The molecule has 0 fully saturated rings. The second kappa shape index (κ2) is 12.4. The Kier molecular flexibility index (Phi) is 8.76. The zero-order chi connectivity index (χ0) is 27.1. The first-order valence-corrected chi connectivity index (χ1v) is 12.8. The lowest BCUT2D eigenvalue weighted by molar-refractivity contribution is 0.0660. The number of hydrogen-bond donors (Lipinski definition) is 1. The number of fused-ring (bicyclic) bond motifs is 1. The maximum absolute atomic E-state index is 14.1. The molecule has 0 saturated carbocycles. The summed E-state index contributed by atoms with van der Waals surface area (Å²) >= 11 is 0. The van der Waals surface area contributed by atoms with Crippen LogP contribution in [0.5, 0.6) is 11.5 Å². The van der Waals surface area contributed by atoms with E-state index in [2.05, 4.69) is 0 Å². The molecule has 1 amide bonds. The largest absolute Gasteiger partial charge is 0.497 e. The van der Waals surface area contributed by atoms with Crippen molar-refractivity contribution in [2.24, 2.45) is 5.73 Å². The minimum atomic E-state index is -0.447. The van der Waals surface area contributed by atoms with E-state index in [1.54, 1.807) is 40.8 Å². The number of carbonyl (C=O) groups is 1. The van der Waals surface area contributed by atoms with Crippen LogP contribution in [0.3, 0.4) is 0 Å². The molecule has 2 aromatic heterocycles. The van der Waals surface area contributed by atoms with Crippen molar-refractivity contribution >= 4 is 11.6 Å². The second-order valence-electron chi connectivity index (χ2n) is 9.00. The minimum absolute atomic E-state index is 0.138. The molecule has 0 bridgehead atoms.